The summed E-state index contributed by atoms with van der Waals surface area (Å²) in [6.45, 7) is 11.0. The van der Waals surface area contributed by atoms with Gasteiger partial charge in [-0.15, -0.1) is 11.3 Å². The van der Waals surface area contributed by atoms with Gasteiger partial charge in [-0.3, -0.25) is 9.79 Å². The van der Waals surface area contributed by atoms with E-state index in [1.807, 2.05) is 64.1 Å². The Morgan fingerprint density at radius 3 is 2.57 bits per heavy atom. The lowest BCUT2D eigenvalue weighted by Crippen LogP contribution is -2.26. The van der Waals surface area contributed by atoms with Crippen molar-refractivity contribution in [3.8, 4) is 0 Å². The maximum absolute atomic E-state index is 10.6. The fourth-order valence-electron chi connectivity index (χ4n) is 2.25. The van der Waals surface area contributed by atoms with E-state index in [0.29, 0.717) is 0 Å². The molecule has 2 aromatic heterocycles. The van der Waals surface area contributed by atoms with Gasteiger partial charge in [0, 0.05) is 55.4 Å². The summed E-state index contributed by atoms with van der Waals surface area (Å²) >= 11 is 7.28. The van der Waals surface area contributed by atoms with Crippen molar-refractivity contribution < 1.29 is 4.79 Å². The number of nitrogens with one attached hydrogen (secondary N) is 1. The topological polar surface area (TPSA) is 57.6 Å². The van der Waals surface area contributed by atoms with Crippen LogP contribution in [-0.4, -0.2) is 45.3 Å². The molecule has 166 valence electrons. The lowest BCUT2D eigenvalue weighted by Gasteiger charge is -2.19. The number of rotatable bonds is 7. The number of aldehydes is 1. The van der Waals surface area contributed by atoms with E-state index in [0.717, 1.165) is 38.6 Å². The van der Waals surface area contributed by atoms with E-state index >= 15 is 0 Å². The summed E-state index contributed by atoms with van der Waals surface area (Å²) in [5.41, 5.74) is 1.17. The maximum Gasteiger partial charge on any atom is 0.160 e. The minimum absolute atomic E-state index is 0.0737. The molecular weight excluding hydrogens is 416 g/mol. The number of carbonyl (C=O) groups excluding carboxylic acids is 1. The zero-order valence-electron chi connectivity index (χ0n) is 19.4. The van der Waals surface area contributed by atoms with Crippen LogP contribution in [0.1, 0.15) is 44.3 Å². The third-order valence-corrected chi connectivity index (χ3v) is 5.09. The maximum atomic E-state index is 10.6. The first-order chi connectivity index (χ1) is 14.2. The van der Waals surface area contributed by atoms with Gasteiger partial charge in [0.25, 0.3) is 0 Å². The Morgan fingerprint density at radius 2 is 2.03 bits per heavy atom. The van der Waals surface area contributed by atoms with Crippen molar-refractivity contribution in [2.75, 3.05) is 32.6 Å². The Balaban J connectivity index is 0.000000518. The quantitative estimate of drug-likeness (QED) is 0.237. The highest BCUT2D eigenvalue weighted by molar-refractivity contribution is 7.20. The molecule has 0 unspecified atom stereocenters. The molecule has 0 amide bonds. The molecule has 30 heavy (non-hydrogen) atoms. The second-order valence-corrected chi connectivity index (χ2v) is 8.47. The summed E-state index contributed by atoms with van der Waals surface area (Å²) in [5, 5.41) is 4.92. The van der Waals surface area contributed by atoms with Crippen LogP contribution < -0.4 is 10.2 Å². The van der Waals surface area contributed by atoms with Gasteiger partial charge in [-0.25, -0.2) is 4.98 Å². The second-order valence-electron chi connectivity index (χ2n) is 6.97. The molecule has 7 heteroatoms. The number of hydrogen-bond donors (Lipinski definition) is 1. The van der Waals surface area contributed by atoms with Crippen LogP contribution in [0.3, 0.4) is 0 Å². The number of nitrogens with zero attached hydrogens (tertiary/aromatic N) is 3. The smallest absolute Gasteiger partial charge is 0.160 e. The molecule has 2 heterocycles. The summed E-state index contributed by atoms with van der Waals surface area (Å²) in [7, 11) is 5.70. The average molecular weight is 451 g/mol. The van der Waals surface area contributed by atoms with Crippen molar-refractivity contribution in [2.24, 2.45) is 10.4 Å². The predicted octanol–water partition coefficient (Wildman–Crippen LogP) is 6.16. The molecule has 2 rings (SSSR count). The van der Waals surface area contributed by atoms with E-state index in [4.69, 9.17) is 11.6 Å². The molecule has 0 aliphatic carbocycles. The van der Waals surface area contributed by atoms with Crippen molar-refractivity contribution in [3.63, 3.8) is 0 Å². The van der Waals surface area contributed by atoms with Crippen LogP contribution >= 0.6 is 22.9 Å². The highest BCUT2D eigenvalue weighted by Gasteiger charge is 2.12. The Bertz CT molecular complexity index is 854. The number of thiophene rings is 1. The number of allylic oxidation sites excluding steroid dienone is 3. The highest BCUT2D eigenvalue weighted by atomic mass is 35.5. The highest BCUT2D eigenvalue weighted by Crippen LogP contribution is 2.29. The largest absolute Gasteiger partial charge is 0.377 e. The number of aliphatic imine (C=N–C) groups is 1. The van der Waals surface area contributed by atoms with Crippen molar-refractivity contribution >= 4 is 51.5 Å². The molecule has 5 nitrogen and oxygen atoms in total. The average Bonchev–Trinajstić information content (AvgIpc) is 3.17. The van der Waals surface area contributed by atoms with Gasteiger partial charge >= 0.3 is 0 Å². The van der Waals surface area contributed by atoms with Crippen LogP contribution in [0, 0.1) is 5.41 Å². The van der Waals surface area contributed by atoms with E-state index in [2.05, 4.69) is 35.2 Å². The number of fused-ring (bicyclic) bond motifs is 1. The number of carbonyl (C=O) groups is 1. The summed E-state index contributed by atoms with van der Waals surface area (Å²) < 4.78 is 0. The zero-order valence-corrected chi connectivity index (χ0v) is 20.9. The van der Waals surface area contributed by atoms with Gasteiger partial charge in [0.1, 0.15) is 4.83 Å². The molecule has 0 aliphatic heterocycles. The molecule has 0 spiro atoms. The van der Waals surface area contributed by atoms with Crippen LogP contribution in [0.4, 0.5) is 5.69 Å². The van der Waals surface area contributed by atoms with E-state index in [9.17, 15) is 4.79 Å². The summed E-state index contributed by atoms with van der Waals surface area (Å²) in [4.78, 5) is 22.4. The standard InChI is InChI=1S/C11H19ClN2.C10H10N2OS.C2H6/c1-5-10(12)6-7-11(2,3)8-14-9-13-4;1-12(2)9-3-4-11-10-8(9)5-7(6-13)14-10;1-2/h5-7,9H,8H2,1-4H3,(H,13,14);3-6H,1-2H3;1-2H3/b7-6-,10-5+;;. The minimum Gasteiger partial charge on any atom is -0.377 e. The molecular formula is C23H35ClN4OS. The van der Waals surface area contributed by atoms with Crippen molar-refractivity contribution in [3.05, 3.63) is 46.5 Å². The van der Waals surface area contributed by atoms with Crippen LogP contribution in [0.25, 0.3) is 10.2 Å². The molecule has 0 aromatic carbocycles. The van der Waals surface area contributed by atoms with E-state index in [-0.39, 0.29) is 5.41 Å². The molecule has 0 radical (unpaired) electrons. The van der Waals surface area contributed by atoms with E-state index < -0.39 is 0 Å². The van der Waals surface area contributed by atoms with Gasteiger partial charge in [0.15, 0.2) is 6.29 Å². The van der Waals surface area contributed by atoms with Crippen molar-refractivity contribution in [1.29, 1.82) is 0 Å². The number of pyridine rings is 1. The Labute approximate surface area is 190 Å². The predicted molar refractivity (Wildman–Crippen MR) is 136 cm³/mol. The molecule has 0 aliphatic rings. The summed E-state index contributed by atoms with van der Waals surface area (Å²) in [6, 6.07) is 3.83. The van der Waals surface area contributed by atoms with Gasteiger partial charge in [-0.2, -0.15) is 0 Å². The molecule has 0 fully saturated rings. The van der Waals surface area contributed by atoms with Crippen LogP contribution in [0.5, 0.6) is 0 Å². The van der Waals surface area contributed by atoms with Crippen molar-refractivity contribution in [2.45, 2.75) is 34.6 Å². The van der Waals surface area contributed by atoms with E-state index in [1.165, 1.54) is 11.3 Å². The van der Waals surface area contributed by atoms with Crippen LogP contribution in [0.15, 0.2) is 46.6 Å². The molecule has 0 atom stereocenters. The number of aromatic nitrogens is 1. The lowest BCUT2D eigenvalue weighted by atomic mass is 9.93. The molecule has 0 saturated carbocycles. The third-order valence-electron chi connectivity index (χ3n) is 3.78. The number of hydrogen-bond acceptors (Lipinski definition) is 5. The fraction of sp³-hybridized carbons (Fsp3) is 0.435. The molecule has 2 aromatic rings. The van der Waals surface area contributed by atoms with Gasteiger partial charge in [0.2, 0.25) is 0 Å². The van der Waals surface area contributed by atoms with Crippen LogP contribution in [-0.2, 0) is 0 Å². The Kier molecular flexibility index (Phi) is 13.7. The first-order valence-electron chi connectivity index (χ1n) is 9.90. The first kappa shape index (κ1) is 27.8. The summed E-state index contributed by atoms with van der Waals surface area (Å²) in [5.74, 6) is 0. The zero-order chi connectivity index (χ0) is 23.2. The first-order valence-corrected chi connectivity index (χ1v) is 11.1. The molecule has 0 bridgehead atoms. The van der Waals surface area contributed by atoms with E-state index in [1.54, 1.807) is 19.6 Å². The van der Waals surface area contributed by atoms with Gasteiger partial charge in [-0.1, -0.05) is 51.4 Å². The molecule has 0 saturated heterocycles. The minimum atomic E-state index is 0.0737. The second kappa shape index (κ2) is 14.7. The normalized spacial score (nSPS) is 11.7. The van der Waals surface area contributed by atoms with Crippen molar-refractivity contribution in [1.82, 2.24) is 10.3 Å². The van der Waals surface area contributed by atoms with Gasteiger partial charge < -0.3 is 10.2 Å². The lowest BCUT2D eigenvalue weighted by molar-refractivity contribution is 0.112. The number of anilines is 1. The SMILES string of the molecule is C/C=C(Cl)\C=C/C(C)(C)CNC=NC.CC.CN(C)c1ccnc2sc(C=O)cc12. The van der Waals surface area contributed by atoms with Gasteiger partial charge in [0.05, 0.1) is 11.2 Å². The Morgan fingerprint density at radius 1 is 1.37 bits per heavy atom. The van der Waals surface area contributed by atoms with Gasteiger partial charge in [-0.05, 0) is 25.1 Å². The summed E-state index contributed by atoms with van der Waals surface area (Å²) in [6.07, 6.45) is 10.2. The Hall–Kier alpha value is -2.18. The molecule has 1 N–H and O–H groups in total. The third kappa shape index (κ3) is 10.0. The fourth-order valence-corrected chi connectivity index (χ4v) is 3.15. The monoisotopic (exact) mass is 450 g/mol. The number of halogens is 1. The van der Waals surface area contributed by atoms with Crippen LogP contribution in [0.2, 0.25) is 0 Å².